The molecule has 0 amide bonds. The van der Waals surface area contributed by atoms with Crippen LogP contribution in [0.1, 0.15) is 16.8 Å². The van der Waals surface area contributed by atoms with Gasteiger partial charge in [0.25, 0.3) is 0 Å². The molecule has 0 spiro atoms. The number of aromatic nitrogens is 4. The van der Waals surface area contributed by atoms with Gasteiger partial charge >= 0.3 is 6.18 Å². The monoisotopic (exact) mass is 431 g/mol. The van der Waals surface area contributed by atoms with Crippen LogP contribution in [0.15, 0.2) is 48.9 Å². The molecule has 6 nitrogen and oxygen atoms in total. The summed E-state index contributed by atoms with van der Waals surface area (Å²) in [5.41, 5.74) is 1.09. The molecule has 4 rings (SSSR count). The van der Waals surface area contributed by atoms with E-state index >= 15 is 0 Å². The van der Waals surface area contributed by atoms with Crippen LogP contribution in [0, 0.1) is 12.7 Å². The average molecular weight is 431 g/mol. The maximum absolute atomic E-state index is 14.2. The molecule has 0 saturated heterocycles. The Morgan fingerprint density at radius 2 is 1.94 bits per heavy atom. The topological polar surface area (TPSA) is 64.3 Å². The molecule has 0 bridgehead atoms. The largest absolute Gasteiger partial charge is 0.496 e. The lowest BCUT2D eigenvalue weighted by atomic mass is 10.0. The van der Waals surface area contributed by atoms with E-state index in [4.69, 9.17) is 4.74 Å². The van der Waals surface area contributed by atoms with E-state index < -0.39 is 17.7 Å². The number of hydrogen-bond acceptors (Lipinski definition) is 5. The van der Waals surface area contributed by atoms with E-state index in [9.17, 15) is 17.6 Å². The summed E-state index contributed by atoms with van der Waals surface area (Å²) in [5.74, 6) is 0.517. The SMILES string of the molecule is COc1cccc(F)c1CNc1ccc(-c2cc(C(F)(F)F)ncc2C)c2nncn12. The Hall–Kier alpha value is -3.69. The van der Waals surface area contributed by atoms with Gasteiger partial charge in [0.2, 0.25) is 0 Å². The number of anilines is 1. The average Bonchev–Trinajstić information content (AvgIpc) is 3.22. The lowest BCUT2D eigenvalue weighted by Gasteiger charge is -2.15. The Labute approximate surface area is 174 Å². The third kappa shape index (κ3) is 3.88. The van der Waals surface area contributed by atoms with Gasteiger partial charge in [0.1, 0.15) is 29.4 Å². The summed E-state index contributed by atoms with van der Waals surface area (Å²) in [6.07, 6.45) is -1.95. The number of methoxy groups -OCH3 is 1. The molecular formula is C21H17F4N5O. The van der Waals surface area contributed by atoms with E-state index in [0.717, 1.165) is 6.07 Å². The maximum Gasteiger partial charge on any atom is 0.433 e. The third-order valence-corrected chi connectivity index (χ3v) is 4.88. The van der Waals surface area contributed by atoms with Crippen LogP contribution in [0.5, 0.6) is 5.75 Å². The maximum atomic E-state index is 14.2. The highest BCUT2D eigenvalue weighted by Crippen LogP contribution is 2.34. The van der Waals surface area contributed by atoms with E-state index in [0.29, 0.717) is 39.5 Å². The van der Waals surface area contributed by atoms with Crippen LogP contribution in [0.4, 0.5) is 23.4 Å². The van der Waals surface area contributed by atoms with Gasteiger partial charge in [-0.15, -0.1) is 10.2 Å². The minimum absolute atomic E-state index is 0.120. The van der Waals surface area contributed by atoms with Crippen LogP contribution < -0.4 is 10.1 Å². The summed E-state index contributed by atoms with van der Waals surface area (Å²) >= 11 is 0. The Kier molecular flexibility index (Phi) is 5.22. The standard InChI is InChI=1S/C21H17F4N5O/c1-12-9-26-18(21(23,24)25)8-14(12)13-6-7-19(30-11-28-29-20(13)30)27-10-15-16(22)4-3-5-17(15)31-2/h3-9,11,27H,10H2,1-2H3. The number of aryl methyl sites for hydroxylation is 1. The van der Waals surface area contributed by atoms with Gasteiger partial charge in [-0.05, 0) is 48.4 Å². The Morgan fingerprint density at radius 1 is 1.13 bits per heavy atom. The van der Waals surface area contributed by atoms with Crippen molar-refractivity contribution in [3.8, 4) is 16.9 Å². The van der Waals surface area contributed by atoms with E-state index in [1.54, 1.807) is 35.6 Å². The molecule has 0 aliphatic heterocycles. The molecule has 0 aliphatic carbocycles. The first-order valence-corrected chi connectivity index (χ1v) is 9.22. The molecular weight excluding hydrogens is 414 g/mol. The predicted molar refractivity (Wildman–Crippen MR) is 106 cm³/mol. The number of hydrogen-bond donors (Lipinski definition) is 1. The second kappa shape index (κ2) is 7.86. The van der Waals surface area contributed by atoms with Crippen molar-refractivity contribution in [3.05, 3.63) is 71.6 Å². The molecule has 0 saturated carbocycles. The van der Waals surface area contributed by atoms with Crippen LogP contribution in [0.25, 0.3) is 16.8 Å². The van der Waals surface area contributed by atoms with Crippen LogP contribution in [-0.4, -0.2) is 26.7 Å². The number of pyridine rings is 2. The molecule has 0 fully saturated rings. The lowest BCUT2D eigenvalue weighted by molar-refractivity contribution is -0.141. The Balaban J connectivity index is 1.73. The van der Waals surface area contributed by atoms with Crippen molar-refractivity contribution < 1.29 is 22.3 Å². The van der Waals surface area contributed by atoms with Crippen molar-refractivity contribution >= 4 is 11.5 Å². The number of benzene rings is 1. The second-order valence-electron chi connectivity index (χ2n) is 6.81. The molecule has 1 aromatic carbocycles. The Morgan fingerprint density at radius 3 is 2.68 bits per heavy atom. The smallest absolute Gasteiger partial charge is 0.433 e. The summed E-state index contributed by atoms with van der Waals surface area (Å²) in [4.78, 5) is 3.48. The molecule has 3 heterocycles. The van der Waals surface area contributed by atoms with Crippen LogP contribution in [0.3, 0.4) is 0 Å². The first kappa shape index (κ1) is 20.6. The molecule has 0 aliphatic rings. The van der Waals surface area contributed by atoms with Gasteiger partial charge in [-0.1, -0.05) is 6.07 Å². The van der Waals surface area contributed by atoms with Crippen LogP contribution in [-0.2, 0) is 12.7 Å². The fraction of sp³-hybridized carbons (Fsp3) is 0.190. The summed E-state index contributed by atoms with van der Waals surface area (Å²) in [7, 11) is 1.46. The Bertz CT molecular complexity index is 1250. The number of nitrogens with one attached hydrogen (secondary N) is 1. The van der Waals surface area contributed by atoms with Crippen molar-refractivity contribution in [2.24, 2.45) is 0 Å². The van der Waals surface area contributed by atoms with Crippen molar-refractivity contribution in [3.63, 3.8) is 0 Å². The number of halogens is 4. The first-order valence-electron chi connectivity index (χ1n) is 9.22. The van der Waals surface area contributed by atoms with Gasteiger partial charge in [-0.25, -0.2) is 4.39 Å². The van der Waals surface area contributed by atoms with Gasteiger partial charge in [0.15, 0.2) is 5.65 Å². The molecule has 0 radical (unpaired) electrons. The van der Waals surface area contributed by atoms with Crippen molar-refractivity contribution in [2.75, 3.05) is 12.4 Å². The van der Waals surface area contributed by atoms with Gasteiger partial charge in [0, 0.05) is 23.9 Å². The fourth-order valence-electron chi connectivity index (χ4n) is 3.32. The number of nitrogens with zero attached hydrogens (tertiary/aromatic N) is 4. The van der Waals surface area contributed by atoms with E-state index in [-0.39, 0.29) is 6.54 Å². The molecule has 160 valence electrons. The fourth-order valence-corrected chi connectivity index (χ4v) is 3.32. The van der Waals surface area contributed by atoms with E-state index in [1.165, 1.54) is 25.7 Å². The molecule has 10 heteroatoms. The summed E-state index contributed by atoms with van der Waals surface area (Å²) in [6.45, 7) is 1.79. The molecule has 0 unspecified atom stereocenters. The zero-order chi connectivity index (χ0) is 22.2. The van der Waals surface area contributed by atoms with Gasteiger partial charge in [-0.2, -0.15) is 13.2 Å². The highest BCUT2D eigenvalue weighted by molar-refractivity contribution is 5.81. The quantitative estimate of drug-likeness (QED) is 0.457. The highest BCUT2D eigenvalue weighted by Gasteiger charge is 2.33. The normalized spacial score (nSPS) is 11.7. The summed E-state index contributed by atoms with van der Waals surface area (Å²) in [5, 5.41) is 11.1. The zero-order valence-electron chi connectivity index (χ0n) is 16.5. The number of fused-ring (bicyclic) bond motifs is 1. The summed E-state index contributed by atoms with van der Waals surface area (Å²) in [6, 6.07) is 8.86. The predicted octanol–water partition coefficient (Wildman–Crippen LogP) is 4.88. The van der Waals surface area contributed by atoms with Crippen molar-refractivity contribution in [2.45, 2.75) is 19.6 Å². The van der Waals surface area contributed by atoms with Gasteiger partial charge < -0.3 is 10.1 Å². The number of rotatable bonds is 5. The highest BCUT2D eigenvalue weighted by atomic mass is 19.4. The van der Waals surface area contributed by atoms with E-state index in [1.807, 2.05) is 0 Å². The molecule has 1 N–H and O–H groups in total. The molecule has 3 aromatic heterocycles. The van der Waals surface area contributed by atoms with E-state index in [2.05, 4.69) is 20.5 Å². The van der Waals surface area contributed by atoms with Crippen LogP contribution in [0.2, 0.25) is 0 Å². The minimum Gasteiger partial charge on any atom is -0.496 e. The lowest BCUT2D eigenvalue weighted by Crippen LogP contribution is -2.09. The van der Waals surface area contributed by atoms with Crippen molar-refractivity contribution in [1.82, 2.24) is 19.6 Å². The number of alkyl halides is 3. The second-order valence-corrected chi connectivity index (χ2v) is 6.81. The molecule has 4 aromatic rings. The summed E-state index contributed by atoms with van der Waals surface area (Å²) < 4.78 is 60.4. The minimum atomic E-state index is -4.56. The van der Waals surface area contributed by atoms with Gasteiger partial charge in [-0.3, -0.25) is 9.38 Å². The van der Waals surface area contributed by atoms with Gasteiger partial charge in [0.05, 0.1) is 7.11 Å². The zero-order valence-corrected chi connectivity index (χ0v) is 16.5. The third-order valence-electron chi connectivity index (χ3n) is 4.88. The van der Waals surface area contributed by atoms with Crippen molar-refractivity contribution in [1.29, 1.82) is 0 Å². The molecule has 0 atom stereocenters. The first-order chi connectivity index (χ1) is 14.8. The van der Waals surface area contributed by atoms with Crippen LogP contribution >= 0.6 is 0 Å². The number of ether oxygens (including phenoxy) is 1. The molecule has 31 heavy (non-hydrogen) atoms.